The van der Waals surface area contributed by atoms with Gasteiger partial charge in [0.2, 0.25) is 5.95 Å². The summed E-state index contributed by atoms with van der Waals surface area (Å²) in [5.41, 5.74) is 3.27. The molecule has 7 heteroatoms. The van der Waals surface area contributed by atoms with E-state index >= 15 is 0 Å². The van der Waals surface area contributed by atoms with Crippen molar-refractivity contribution in [2.24, 2.45) is 0 Å². The van der Waals surface area contributed by atoms with Gasteiger partial charge in [-0.2, -0.15) is 5.10 Å². The van der Waals surface area contributed by atoms with E-state index in [-0.39, 0.29) is 5.56 Å². The smallest absolute Gasteiger partial charge is 0.252 e. The second-order valence-electron chi connectivity index (χ2n) is 8.00. The first kappa shape index (κ1) is 18.9. The predicted octanol–water partition coefficient (Wildman–Crippen LogP) is 2.75. The van der Waals surface area contributed by atoms with E-state index in [0.717, 1.165) is 62.9 Å². The summed E-state index contributed by atoms with van der Waals surface area (Å²) in [7, 11) is 0. The van der Waals surface area contributed by atoms with E-state index in [1.54, 1.807) is 12.3 Å². The zero-order chi connectivity index (χ0) is 19.5. The van der Waals surface area contributed by atoms with Crippen LogP contribution in [-0.4, -0.2) is 50.8 Å². The van der Waals surface area contributed by atoms with Crippen molar-refractivity contribution in [1.82, 2.24) is 24.6 Å². The molecule has 1 atom stereocenters. The zero-order valence-electron chi connectivity index (χ0n) is 16.7. The van der Waals surface area contributed by atoms with E-state index in [9.17, 15) is 4.79 Å². The zero-order valence-corrected chi connectivity index (χ0v) is 16.7. The topological polar surface area (TPSA) is 70.1 Å². The number of piperidine rings is 2. The monoisotopic (exact) mass is 382 g/mol. The molecule has 0 spiro atoms. The Hall–Kier alpha value is -2.41. The molecule has 2 aliphatic heterocycles. The van der Waals surface area contributed by atoms with Gasteiger partial charge in [0.05, 0.1) is 11.9 Å². The maximum Gasteiger partial charge on any atom is 0.252 e. The van der Waals surface area contributed by atoms with E-state index in [2.05, 4.69) is 33.4 Å². The normalized spacial score (nSPS) is 21.0. The molecule has 0 radical (unpaired) electrons. The van der Waals surface area contributed by atoms with Gasteiger partial charge in [0.15, 0.2) is 0 Å². The molecule has 2 aliphatic rings. The van der Waals surface area contributed by atoms with Crippen LogP contribution in [0.4, 0.5) is 5.95 Å². The first-order valence-electron chi connectivity index (χ1n) is 10.4. The van der Waals surface area contributed by atoms with Crippen molar-refractivity contribution < 1.29 is 0 Å². The summed E-state index contributed by atoms with van der Waals surface area (Å²) in [4.78, 5) is 24.8. The number of nitrogens with one attached hydrogen (secondary N) is 1. The van der Waals surface area contributed by atoms with Gasteiger partial charge < -0.3 is 4.90 Å². The van der Waals surface area contributed by atoms with E-state index < -0.39 is 0 Å². The maximum atomic E-state index is 12.3. The third-order valence-electron chi connectivity index (χ3n) is 6.04. The van der Waals surface area contributed by atoms with E-state index in [1.165, 1.54) is 24.8 Å². The summed E-state index contributed by atoms with van der Waals surface area (Å²) in [6.45, 7) is 10.7. The van der Waals surface area contributed by atoms with Crippen molar-refractivity contribution in [2.45, 2.75) is 51.5 Å². The van der Waals surface area contributed by atoms with Gasteiger partial charge in [0.1, 0.15) is 0 Å². The highest BCUT2D eigenvalue weighted by atomic mass is 16.1. The first-order valence-corrected chi connectivity index (χ1v) is 10.4. The van der Waals surface area contributed by atoms with Crippen LogP contribution in [0.5, 0.6) is 0 Å². The Kier molecular flexibility index (Phi) is 5.62. The molecule has 4 heterocycles. The molecule has 2 aromatic heterocycles. The fraction of sp³-hybridized carbons (Fsp3) is 0.571. The number of nitrogens with zero attached hydrogens (tertiary/aromatic N) is 5. The lowest BCUT2D eigenvalue weighted by Crippen LogP contribution is -2.36. The third-order valence-corrected chi connectivity index (χ3v) is 6.04. The van der Waals surface area contributed by atoms with Crippen LogP contribution in [0.2, 0.25) is 0 Å². The minimum absolute atomic E-state index is 0.0363. The second-order valence-corrected chi connectivity index (χ2v) is 8.00. The van der Waals surface area contributed by atoms with Crippen LogP contribution in [0.3, 0.4) is 0 Å². The summed E-state index contributed by atoms with van der Waals surface area (Å²) < 4.78 is 1.82. The van der Waals surface area contributed by atoms with Gasteiger partial charge in [0, 0.05) is 55.6 Å². The molecular weight excluding hydrogens is 352 g/mol. The van der Waals surface area contributed by atoms with Crippen molar-refractivity contribution >= 4 is 12.1 Å². The number of H-pyrrole nitrogens is 1. The summed E-state index contributed by atoms with van der Waals surface area (Å²) in [6.07, 6.45) is 9.47. The van der Waals surface area contributed by atoms with Gasteiger partial charge >= 0.3 is 0 Å². The maximum absolute atomic E-state index is 12.3. The molecule has 0 saturated carbocycles. The third kappa shape index (κ3) is 4.04. The highest BCUT2D eigenvalue weighted by molar-refractivity contribution is 5.32. The molecule has 2 fully saturated rings. The number of rotatable bonds is 5. The minimum Gasteiger partial charge on any atom is -0.342 e. The van der Waals surface area contributed by atoms with Crippen LogP contribution in [0.1, 0.15) is 55.0 Å². The SMILES string of the molecule is C=Cn1ncc(CN2CCC[C@@H](c3cc(=O)[nH]c(N4CCCCC4)n3)C2)c1C. The summed E-state index contributed by atoms with van der Waals surface area (Å²) >= 11 is 0. The van der Waals surface area contributed by atoms with Crippen LogP contribution in [0.25, 0.3) is 6.20 Å². The number of hydrogen-bond donors (Lipinski definition) is 1. The van der Waals surface area contributed by atoms with Gasteiger partial charge in [-0.3, -0.25) is 14.7 Å². The molecule has 0 amide bonds. The summed E-state index contributed by atoms with van der Waals surface area (Å²) in [6, 6.07) is 1.70. The highest BCUT2D eigenvalue weighted by Gasteiger charge is 2.25. The predicted molar refractivity (Wildman–Crippen MR) is 112 cm³/mol. The standard InChI is InChI=1S/C21H30N6O/c1-3-27-16(2)18(13-22-27)15-25-9-7-8-17(14-25)19-12-20(28)24-21(23-19)26-10-5-4-6-11-26/h3,12-13,17H,1,4-11,14-15H2,2H3,(H,23,24,28)/t17-/m1/s1. The lowest BCUT2D eigenvalue weighted by Gasteiger charge is -2.33. The second kappa shape index (κ2) is 8.31. The Morgan fingerprint density at radius 2 is 2.07 bits per heavy atom. The highest BCUT2D eigenvalue weighted by Crippen LogP contribution is 2.27. The molecule has 0 aliphatic carbocycles. The van der Waals surface area contributed by atoms with Crippen molar-refractivity contribution in [2.75, 3.05) is 31.1 Å². The number of likely N-dealkylation sites (tertiary alicyclic amines) is 1. The Balaban J connectivity index is 1.49. The van der Waals surface area contributed by atoms with Crippen LogP contribution in [0, 0.1) is 6.92 Å². The molecule has 2 aromatic rings. The fourth-order valence-corrected chi connectivity index (χ4v) is 4.41. The lowest BCUT2D eigenvalue weighted by atomic mass is 9.94. The summed E-state index contributed by atoms with van der Waals surface area (Å²) in [5, 5.41) is 4.36. The Labute approximate surface area is 166 Å². The van der Waals surface area contributed by atoms with Crippen LogP contribution in [0.15, 0.2) is 23.6 Å². The molecule has 0 aromatic carbocycles. The molecule has 0 unspecified atom stereocenters. The first-order chi connectivity index (χ1) is 13.6. The van der Waals surface area contributed by atoms with E-state index in [4.69, 9.17) is 4.98 Å². The van der Waals surface area contributed by atoms with Crippen molar-refractivity contribution in [1.29, 1.82) is 0 Å². The van der Waals surface area contributed by atoms with Crippen LogP contribution < -0.4 is 10.5 Å². The Morgan fingerprint density at radius 1 is 1.25 bits per heavy atom. The molecular formula is C21H30N6O. The number of aromatic amines is 1. The van der Waals surface area contributed by atoms with E-state index in [1.807, 2.05) is 10.9 Å². The van der Waals surface area contributed by atoms with Gasteiger partial charge in [-0.05, 0) is 45.6 Å². The van der Waals surface area contributed by atoms with Crippen molar-refractivity contribution in [3.8, 4) is 0 Å². The number of aromatic nitrogens is 4. The van der Waals surface area contributed by atoms with E-state index in [0.29, 0.717) is 5.92 Å². The van der Waals surface area contributed by atoms with Crippen LogP contribution >= 0.6 is 0 Å². The molecule has 7 nitrogen and oxygen atoms in total. The Bertz CT molecular complexity index is 879. The van der Waals surface area contributed by atoms with Gasteiger partial charge in [-0.15, -0.1) is 0 Å². The molecule has 4 rings (SSSR count). The van der Waals surface area contributed by atoms with Crippen molar-refractivity contribution in [3.05, 3.63) is 46.1 Å². The lowest BCUT2D eigenvalue weighted by molar-refractivity contribution is 0.198. The molecule has 0 bridgehead atoms. The van der Waals surface area contributed by atoms with Gasteiger partial charge in [0.25, 0.3) is 5.56 Å². The van der Waals surface area contributed by atoms with Crippen molar-refractivity contribution in [3.63, 3.8) is 0 Å². The largest absolute Gasteiger partial charge is 0.342 e. The van der Waals surface area contributed by atoms with Gasteiger partial charge in [-0.25, -0.2) is 9.67 Å². The average Bonchev–Trinajstić information content (AvgIpc) is 3.08. The minimum atomic E-state index is -0.0363. The van der Waals surface area contributed by atoms with Crippen LogP contribution in [-0.2, 0) is 6.54 Å². The van der Waals surface area contributed by atoms with Gasteiger partial charge in [-0.1, -0.05) is 6.58 Å². The number of anilines is 1. The molecule has 1 N–H and O–H groups in total. The summed E-state index contributed by atoms with van der Waals surface area (Å²) in [5.74, 6) is 1.05. The average molecular weight is 383 g/mol. The molecule has 150 valence electrons. The quantitative estimate of drug-likeness (QED) is 0.861. The Morgan fingerprint density at radius 3 is 2.82 bits per heavy atom. The fourth-order valence-electron chi connectivity index (χ4n) is 4.41. The number of hydrogen-bond acceptors (Lipinski definition) is 5. The molecule has 2 saturated heterocycles. The molecule has 28 heavy (non-hydrogen) atoms.